The highest BCUT2D eigenvalue weighted by atomic mass is 32.1. The molecular formula is C22H28N2O3S. The molecule has 5 nitrogen and oxygen atoms in total. The zero-order chi connectivity index (χ0) is 19.5. The molecule has 1 aliphatic carbocycles. The van der Waals surface area contributed by atoms with E-state index < -0.39 is 0 Å². The number of methoxy groups -OCH3 is 1. The predicted molar refractivity (Wildman–Crippen MR) is 112 cm³/mol. The smallest absolute Gasteiger partial charge is 0.221 e. The molecule has 1 amide bonds. The zero-order valence-corrected chi connectivity index (χ0v) is 17.4. The second-order valence-corrected chi connectivity index (χ2v) is 8.53. The molecule has 2 heterocycles. The van der Waals surface area contributed by atoms with E-state index in [4.69, 9.17) is 9.47 Å². The van der Waals surface area contributed by atoms with Gasteiger partial charge in [-0.1, -0.05) is 18.2 Å². The molecule has 1 fully saturated rings. The minimum absolute atomic E-state index is 0.0133. The highest BCUT2D eigenvalue weighted by Gasteiger charge is 2.34. The Labute approximate surface area is 170 Å². The van der Waals surface area contributed by atoms with E-state index in [1.54, 1.807) is 25.4 Å². The fourth-order valence-corrected chi connectivity index (χ4v) is 5.76. The molecule has 0 bridgehead atoms. The summed E-state index contributed by atoms with van der Waals surface area (Å²) in [5.74, 6) is 0.879. The second kappa shape index (κ2) is 8.64. The molecule has 0 radical (unpaired) electrons. The molecule has 2 aromatic rings. The fraction of sp³-hybridized carbons (Fsp3) is 0.500. The number of aryl methyl sites for hydroxylation is 1. The number of hydrogen-bond acceptors (Lipinski definition) is 5. The van der Waals surface area contributed by atoms with Crippen LogP contribution in [-0.4, -0.2) is 44.2 Å². The van der Waals surface area contributed by atoms with Crippen LogP contribution in [-0.2, 0) is 22.4 Å². The lowest BCUT2D eigenvalue weighted by molar-refractivity contribution is -0.114. The van der Waals surface area contributed by atoms with Crippen LogP contribution in [0.1, 0.15) is 47.4 Å². The summed E-state index contributed by atoms with van der Waals surface area (Å²) in [5.41, 5.74) is 3.85. The van der Waals surface area contributed by atoms with Crippen LogP contribution < -0.4 is 10.1 Å². The number of benzene rings is 1. The Morgan fingerprint density at radius 3 is 2.71 bits per heavy atom. The first-order chi connectivity index (χ1) is 13.7. The van der Waals surface area contributed by atoms with Gasteiger partial charge in [0.25, 0.3) is 0 Å². The van der Waals surface area contributed by atoms with E-state index in [1.165, 1.54) is 28.8 Å². The van der Waals surface area contributed by atoms with Gasteiger partial charge in [-0.2, -0.15) is 0 Å². The number of hydrogen-bond donors (Lipinski definition) is 1. The first-order valence-electron chi connectivity index (χ1n) is 10.1. The maximum Gasteiger partial charge on any atom is 0.221 e. The molecule has 1 N–H and O–H groups in total. The van der Waals surface area contributed by atoms with Crippen molar-refractivity contribution in [3.8, 4) is 5.75 Å². The van der Waals surface area contributed by atoms with E-state index in [2.05, 4.69) is 22.3 Å². The average Bonchev–Trinajstić information content (AvgIpc) is 3.07. The average molecular weight is 401 g/mol. The van der Waals surface area contributed by atoms with Crippen molar-refractivity contribution >= 4 is 22.2 Å². The van der Waals surface area contributed by atoms with Crippen LogP contribution >= 0.6 is 11.3 Å². The minimum Gasteiger partial charge on any atom is -0.496 e. The molecule has 2 aliphatic rings. The number of ether oxygens (including phenoxy) is 2. The number of carbonyl (C=O) groups excluding carboxylic acids is 1. The van der Waals surface area contributed by atoms with Gasteiger partial charge < -0.3 is 14.8 Å². The molecule has 1 aliphatic heterocycles. The molecular weight excluding hydrogens is 372 g/mol. The number of carbonyl (C=O) groups is 1. The number of anilines is 1. The van der Waals surface area contributed by atoms with Crippen LogP contribution in [0.4, 0.5) is 5.00 Å². The van der Waals surface area contributed by atoms with Crippen molar-refractivity contribution in [1.82, 2.24) is 4.90 Å². The van der Waals surface area contributed by atoms with Crippen LogP contribution in [0.5, 0.6) is 5.75 Å². The first-order valence-corrected chi connectivity index (χ1v) is 10.9. The standard InChI is InChI=1S/C22H28N2O3S/c1-15(25)23-22-20(17-8-4-6-10-19(17)28-22)21(24-11-13-27-14-12-24)16-7-3-5-9-18(16)26-2/h3,5,7,9,21H,4,6,8,10-14H2,1-2H3,(H,23,25)/t21-/m1/s1. The highest BCUT2D eigenvalue weighted by molar-refractivity contribution is 7.16. The summed E-state index contributed by atoms with van der Waals surface area (Å²) in [5, 5.41) is 4.14. The zero-order valence-electron chi connectivity index (χ0n) is 16.6. The van der Waals surface area contributed by atoms with Crippen LogP contribution in [0.25, 0.3) is 0 Å². The number of nitrogens with one attached hydrogen (secondary N) is 1. The molecule has 28 heavy (non-hydrogen) atoms. The third-order valence-electron chi connectivity index (χ3n) is 5.62. The Kier molecular flexibility index (Phi) is 5.99. The highest BCUT2D eigenvalue weighted by Crippen LogP contribution is 2.47. The van der Waals surface area contributed by atoms with E-state index >= 15 is 0 Å². The topological polar surface area (TPSA) is 50.8 Å². The third kappa shape index (κ3) is 3.81. The van der Waals surface area contributed by atoms with E-state index in [0.717, 1.165) is 55.5 Å². The maximum absolute atomic E-state index is 12.0. The SMILES string of the molecule is COc1ccccc1[C@H](c1c(NC(C)=O)sc2c1CCCC2)N1CCOCC1. The van der Waals surface area contributed by atoms with Gasteiger partial charge >= 0.3 is 0 Å². The fourth-order valence-electron chi connectivity index (χ4n) is 4.40. The summed E-state index contributed by atoms with van der Waals surface area (Å²) in [6.45, 7) is 4.79. The molecule has 1 saturated heterocycles. The van der Waals surface area contributed by atoms with Crippen molar-refractivity contribution in [3.05, 3.63) is 45.8 Å². The summed E-state index contributed by atoms with van der Waals surface area (Å²) in [6.07, 6.45) is 4.62. The van der Waals surface area contributed by atoms with E-state index in [1.807, 2.05) is 12.1 Å². The van der Waals surface area contributed by atoms with E-state index in [9.17, 15) is 4.79 Å². The summed E-state index contributed by atoms with van der Waals surface area (Å²) < 4.78 is 11.4. The van der Waals surface area contributed by atoms with Gasteiger partial charge in [-0.15, -0.1) is 11.3 Å². The van der Waals surface area contributed by atoms with Crippen molar-refractivity contribution in [2.45, 2.75) is 38.6 Å². The number of morpholine rings is 1. The van der Waals surface area contributed by atoms with Gasteiger partial charge in [-0.3, -0.25) is 9.69 Å². The molecule has 6 heteroatoms. The monoisotopic (exact) mass is 400 g/mol. The van der Waals surface area contributed by atoms with Gasteiger partial charge in [0.1, 0.15) is 10.8 Å². The lowest BCUT2D eigenvalue weighted by Gasteiger charge is -2.36. The van der Waals surface area contributed by atoms with Crippen molar-refractivity contribution in [1.29, 1.82) is 0 Å². The van der Waals surface area contributed by atoms with E-state index in [0.29, 0.717) is 0 Å². The molecule has 1 aromatic heterocycles. The molecule has 0 saturated carbocycles. The Morgan fingerprint density at radius 1 is 1.21 bits per heavy atom. The van der Waals surface area contributed by atoms with Crippen LogP contribution in [0.2, 0.25) is 0 Å². The van der Waals surface area contributed by atoms with Crippen molar-refractivity contribution in [2.24, 2.45) is 0 Å². The molecule has 1 aromatic carbocycles. The minimum atomic E-state index is -0.0133. The predicted octanol–water partition coefficient (Wildman–Crippen LogP) is 4.02. The summed E-state index contributed by atoms with van der Waals surface area (Å²) in [7, 11) is 1.73. The summed E-state index contributed by atoms with van der Waals surface area (Å²) in [4.78, 5) is 15.9. The van der Waals surface area contributed by atoms with Crippen molar-refractivity contribution in [3.63, 3.8) is 0 Å². The van der Waals surface area contributed by atoms with Gasteiger partial charge in [-0.25, -0.2) is 0 Å². The molecule has 0 spiro atoms. The molecule has 4 rings (SSSR count). The molecule has 0 unspecified atom stereocenters. The van der Waals surface area contributed by atoms with Gasteiger partial charge in [0.2, 0.25) is 5.91 Å². The Bertz CT molecular complexity index is 842. The van der Waals surface area contributed by atoms with Gasteiger partial charge in [-0.05, 0) is 37.3 Å². The Balaban J connectivity index is 1.89. The largest absolute Gasteiger partial charge is 0.496 e. The number of nitrogens with zero attached hydrogens (tertiary/aromatic N) is 1. The maximum atomic E-state index is 12.0. The second-order valence-electron chi connectivity index (χ2n) is 7.43. The normalized spacial score (nSPS) is 18.4. The quantitative estimate of drug-likeness (QED) is 0.824. The molecule has 150 valence electrons. The summed E-state index contributed by atoms with van der Waals surface area (Å²) >= 11 is 1.76. The van der Waals surface area contributed by atoms with Crippen LogP contribution in [0.15, 0.2) is 24.3 Å². The van der Waals surface area contributed by atoms with Crippen molar-refractivity contribution < 1.29 is 14.3 Å². The number of fused-ring (bicyclic) bond motifs is 1. The lowest BCUT2D eigenvalue weighted by atomic mass is 9.88. The van der Waals surface area contributed by atoms with Crippen molar-refractivity contribution in [2.75, 3.05) is 38.7 Å². The number of rotatable bonds is 5. The number of para-hydroxylation sites is 1. The molecule has 1 atom stereocenters. The third-order valence-corrected chi connectivity index (χ3v) is 6.84. The number of amides is 1. The van der Waals surface area contributed by atoms with Crippen LogP contribution in [0.3, 0.4) is 0 Å². The Morgan fingerprint density at radius 2 is 1.96 bits per heavy atom. The van der Waals surface area contributed by atoms with Gasteiger partial charge in [0, 0.05) is 36.0 Å². The Hall–Kier alpha value is -1.89. The van der Waals surface area contributed by atoms with Gasteiger partial charge in [0.15, 0.2) is 0 Å². The van der Waals surface area contributed by atoms with Crippen LogP contribution in [0, 0.1) is 0 Å². The van der Waals surface area contributed by atoms with E-state index in [-0.39, 0.29) is 11.9 Å². The lowest BCUT2D eigenvalue weighted by Crippen LogP contribution is -2.40. The number of thiophene rings is 1. The first kappa shape index (κ1) is 19.4. The summed E-state index contributed by atoms with van der Waals surface area (Å²) in [6, 6.07) is 8.32. The van der Waals surface area contributed by atoms with Gasteiger partial charge in [0.05, 0.1) is 26.4 Å².